The highest BCUT2D eigenvalue weighted by Crippen LogP contribution is 2.19. The van der Waals surface area contributed by atoms with E-state index in [9.17, 15) is 9.90 Å². The standard InChI is InChI=1S/C12H22N2O3/c1-14(9-12(16)4-5-13-8-12)11(15)7-10-3-2-6-17-10/h10,13,16H,2-9H2,1H3. The summed E-state index contributed by atoms with van der Waals surface area (Å²) in [6.07, 6.45) is 3.27. The highest BCUT2D eigenvalue weighted by Gasteiger charge is 2.33. The second-order valence-electron chi connectivity index (χ2n) is 5.24. The lowest BCUT2D eigenvalue weighted by Crippen LogP contribution is -2.45. The summed E-state index contributed by atoms with van der Waals surface area (Å²) in [6, 6.07) is 0. The van der Waals surface area contributed by atoms with E-state index >= 15 is 0 Å². The van der Waals surface area contributed by atoms with E-state index in [0.717, 1.165) is 26.0 Å². The van der Waals surface area contributed by atoms with Gasteiger partial charge in [-0.15, -0.1) is 0 Å². The van der Waals surface area contributed by atoms with Crippen molar-refractivity contribution in [3.8, 4) is 0 Å². The molecule has 0 aromatic carbocycles. The van der Waals surface area contributed by atoms with Crippen LogP contribution in [0.25, 0.3) is 0 Å². The minimum atomic E-state index is -0.749. The molecular formula is C12H22N2O3. The molecule has 0 bridgehead atoms. The minimum absolute atomic E-state index is 0.0669. The third-order valence-electron chi connectivity index (χ3n) is 3.60. The molecule has 17 heavy (non-hydrogen) atoms. The molecule has 2 N–H and O–H groups in total. The van der Waals surface area contributed by atoms with Crippen molar-refractivity contribution in [1.29, 1.82) is 0 Å². The van der Waals surface area contributed by atoms with Crippen molar-refractivity contribution in [3.63, 3.8) is 0 Å². The van der Waals surface area contributed by atoms with Crippen LogP contribution in [0, 0.1) is 0 Å². The van der Waals surface area contributed by atoms with E-state index in [1.165, 1.54) is 0 Å². The Morgan fingerprint density at radius 3 is 3.06 bits per heavy atom. The molecule has 5 nitrogen and oxygen atoms in total. The Labute approximate surface area is 102 Å². The van der Waals surface area contributed by atoms with Gasteiger partial charge in [-0.25, -0.2) is 0 Å². The molecule has 0 saturated carbocycles. The Balaban J connectivity index is 1.78. The number of nitrogens with one attached hydrogen (secondary N) is 1. The first-order valence-corrected chi connectivity index (χ1v) is 6.38. The Morgan fingerprint density at radius 2 is 2.47 bits per heavy atom. The number of carbonyl (C=O) groups excluding carboxylic acids is 1. The zero-order valence-electron chi connectivity index (χ0n) is 10.4. The molecule has 0 spiro atoms. The topological polar surface area (TPSA) is 61.8 Å². The number of hydrogen-bond donors (Lipinski definition) is 2. The van der Waals surface area contributed by atoms with Crippen molar-refractivity contribution in [2.45, 2.75) is 37.4 Å². The maximum Gasteiger partial charge on any atom is 0.225 e. The van der Waals surface area contributed by atoms with E-state index in [1.807, 2.05) is 0 Å². The fourth-order valence-corrected chi connectivity index (χ4v) is 2.55. The summed E-state index contributed by atoms with van der Waals surface area (Å²) in [5.41, 5.74) is -0.749. The van der Waals surface area contributed by atoms with Crippen molar-refractivity contribution in [1.82, 2.24) is 10.2 Å². The minimum Gasteiger partial charge on any atom is -0.387 e. The fourth-order valence-electron chi connectivity index (χ4n) is 2.55. The van der Waals surface area contributed by atoms with Crippen LogP contribution in [0.2, 0.25) is 0 Å². The first-order valence-electron chi connectivity index (χ1n) is 6.38. The highest BCUT2D eigenvalue weighted by molar-refractivity contribution is 5.76. The number of nitrogens with zero attached hydrogens (tertiary/aromatic N) is 1. The molecule has 2 aliphatic rings. The van der Waals surface area contributed by atoms with E-state index in [4.69, 9.17) is 4.74 Å². The average molecular weight is 242 g/mol. The number of aliphatic hydroxyl groups is 1. The van der Waals surface area contributed by atoms with Gasteiger partial charge in [-0.2, -0.15) is 0 Å². The quantitative estimate of drug-likeness (QED) is 0.713. The van der Waals surface area contributed by atoms with Crippen molar-refractivity contribution in [3.05, 3.63) is 0 Å². The van der Waals surface area contributed by atoms with Crippen LogP contribution in [0.1, 0.15) is 25.7 Å². The lowest BCUT2D eigenvalue weighted by Gasteiger charge is -2.28. The van der Waals surface area contributed by atoms with Gasteiger partial charge in [0.05, 0.1) is 24.7 Å². The number of amides is 1. The summed E-state index contributed by atoms with van der Waals surface area (Å²) >= 11 is 0. The maximum absolute atomic E-state index is 11.9. The van der Waals surface area contributed by atoms with Gasteiger partial charge in [0.15, 0.2) is 0 Å². The molecule has 2 fully saturated rings. The zero-order chi connectivity index (χ0) is 12.3. The third kappa shape index (κ3) is 3.40. The van der Waals surface area contributed by atoms with Gasteiger partial charge in [-0.3, -0.25) is 4.79 Å². The average Bonchev–Trinajstić information content (AvgIpc) is 2.90. The van der Waals surface area contributed by atoms with Crippen LogP contribution in [-0.2, 0) is 9.53 Å². The number of rotatable bonds is 4. The zero-order valence-corrected chi connectivity index (χ0v) is 10.4. The fraction of sp³-hybridized carbons (Fsp3) is 0.917. The molecule has 2 heterocycles. The molecule has 5 heteroatoms. The third-order valence-corrected chi connectivity index (χ3v) is 3.60. The molecule has 0 aromatic rings. The van der Waals surface area contributed by atoms with Crippen LogP contribution in [0.4, 0.5) is 0 Å². The first-order chi connectivity index (χ1) is 8.09. The molecule has 2 rings (SSSR count). The summed E-state index contributed by atoms with van der Waals surface area (Å²) in [5.74, 6) is 0.0669. The predicted molar refractivity (Wildman–Crippen MR) is 63.7 cm³/mol. The Bertz CT molecular complexity index is 271. The first kappa shape index (κ1) is 12.8. The number of β-amino-alcohol motifs (C(OH)–C–C–N with tert-alkyl or cyclic N) is 1. The van der Waals surface area contributed by atoms with Gasteiger partial charge in [0.25, 0.3) is 0 Å². The van der Waals surface area contributed by atoms with Crippen molar-refractivity contribution < 1.29 is 14.6 Å². The Morgan fingerprint density at radius 1 is 1.65 bits per heavy atom. The second kappa shape index (κ2) is 5.33. The lowest BCUT2D eigenvalue weighted by atomic mass is 10.0. The van der Waals surface area contributed by atoms with Gasteiger partial charge in [0.1, 0.15) is 0 Å². The van der Waals surface area contributed by atoms with Crippen molar-refractivity contribution >= 4 is 5.91 Å². The Hall–Kier alpha value is -0.650. The molecule has 2 saturated heterocycles. The van der Waals surface area contributed by atoms with Crippen LogP contribution < -0.4 is 5.32 Å². The number of carbonyl (C=O) groups is 1. The van der Waals surface area contributed by atoms with E-state index in [-0.39, 0.29) is 12.0 Å². The number of ether oxygens (including phenoxy) is 1. The molecule has 0 aromatic heterocycles. The lowest BCUT2D eigenvalue weighted by molar-refractivity contribution is -0.135. The SMILES string of the molecule is CN(CC1(O)CCNC1)C(=O)CC1CCCO1. The van der Waals surface area contributed by atoms with Crippen molar-refractivity contribution in [2.75, 3.05) is 33.3 Å². The monoisotopic (exact) mass is 242 g/mol. The number of hydrogen-bond acceptors (Lipinski definition) is 4. The van der Waals surface area contributed by atoms with Crippen LogP contribution in [0.3, 0.4) is 0 Å². The Kier molecular flexibility index (Phi) is 4.01. The van der Waals surface area contributed by atoms with Gasteiger partial charge in [-0.05, 0) is 25.8 Å². The van der Waals surface area contributed by atoms with Gasteiger partial charge in [0.2, 0.25) is 5.91 Å². The second-order valence-corrected chi connectivity index (χ2v) is 5.24. The summed E-state index contributed by atoms with van der Waals surface area (Å²) in [7, 11) is 1.76. The van der Waals surface area contributed by atoms with E-state index in [1.54, 1.807) is 11.9 Å². The molecular weight excluding hydrogens is 220 g/mol. The van der Waals surface area contributed by atoms with E-state index in [0.29, 0.717) is 25.9 Å². The summed E-state index contributed by atoms with van der Waals surface area (Å²) in [4.78, 5) is 13.6. The normalized spacial score (nSPS) is 32.9. The predicted octanol–water partition coefficient (Wildman–Crippen LogP) is -0.262. The maximum atomic E-state index is 11.9. The van der Waals surface area contributed by atoms with Gasteiger partial charge >= 0.3 is 0 Å². The molecule has 2 atom stereocenters. The molecule has 98 valence electrons. The van der Waals surface area contributed by atoms with Crippen molar-refractivity contribution in [2.24, 2.45) is 0 Å². The van der Waals surface area contributed by atoms with Gasteiger partial charge < -0.3 is 20.1 Å². The molecule has 0 radical (unpaired) electrons. The number of likely N-dealkylation sites (N-methyl/N-ethyl adjacent to an activating group) is 1. The molecule has 0 aliphatic carbocycles. The van der Waals surface area contributed by atoms with Gasteiger partial charge in [-0.1, -0.05) is 0 Å². The van der Waals surface area contributed by atoms with E-state index in [2.05, 4.69) is 5.32 Å². The highest BCUT2D eigenvalue weighted by atomic mass is 16.5. The summed E-state index contributed by atoms with van der Waals surface area (Å²) in [5, 5.41) is 13.3. The van der Waals surface area contributed by atoms with Crippen LogP contribution in [-0.4, -0.2) is 60.9 Å². The molecule has 1 amide bonds. The molecule has 2 aliphatic heterocycles. The van der Waals surface area contributed by atoms with Gasteiger partial charge in [0, 0.05) is 20.2 Å². The summed E-state index contributed by atoms with van der Waals surface area (Å²) in [6.45, 7) is 2.58. The van der Waals surface area contributed by atoms with Crippen LogP contribution in [0.15, 0.2) is 0 Å². The van der Waals surface area contributed by atoms with Crippen LogP contribution >= 0.6 is 0 Å². The van der Waals surface area contributed by atoms with Crippen LogP contribution in [0.5, 0.6) is 0 Å². The van der Waals surface area contributed by atoms with E-state index < -0.39 is 5.60 Å². The summed E-state index contributed by atoms with van der Waals surface area (Å²) < 4.78 is 5.45. The largest absolute Gasteiger partial charge is 0.387 e. The smallest absolute Gasteiger partial charge is 0.225 e. The molecule has 2 unspecified atom stereocenters.